The van der Waals surface area contributed by atoms with E-state index in [1.165, 1.54) is 16.0 Å². The molecule has 0 amide bonds. The minimum Gasteiger partial charge on any atom is -0.508 e. The van der Waals surface area contributed by atoms with Gasteiger partial charge in [-0.3, -0.25) is 0 Å². The van der Waals surface area contributed by atoms with Crippen LogP contribution in [0.5, 0.6) is 5.75 Å². The summed E-state index contributed by atoms with van der Waals surface area (Å²) in [6.07, 6.45) is 7.77. The van der Waals surface area contributed by atoms with Gasteiger partial charge in [0.1, 0.15) is 5.75 Å². The van der Waals surface area contributed by atoms with Crippen LogP contribution in [-0.2, 0) is 0 Å². The lowest BCUT2D eigenvalue weighted by Crippen LogP contribution is -2.28. The van der Waals surface area contributed by atoms with Crippen LogP contribution in [0.1, 0.15) is 29.5 Å². The molecule has 3 heteroatoms. The van der Waals surface area contributed by atoms with Gasteiger partial charge in [-0.1, -0.05) is 24.3 Å². The smallest absolute Gasteiger partial charge is 0.116 e. The second-order valence-corrected chi connectivity index (χ2v) is 6.90. The van der Waals surface area contributed by atoms with Gasteiger partial charge < -0.3 is 10.4 Å². The molecule has 0 radical (unpaired) electrons. The Morgan fingerprint density at radius 3 is 2.73 bits per heavy atom. The van der Waals surface area contributed by atoms with Gasteiger partial charge in [-0.05, 0) is 60.1 Å². The summed E-state index contributed by atoms with van der Waals surface area (Å²) in [5, 5.41) is 13.5. The molecule has 0 fully saturated rings. The molecule has 22 heavy (non-hydrogen) atoms. The number of hydrogen-bond acceptors (Lipinski definition) is 3. The summed E-state index contributed by atoms with van der Waals surface area (Å²) in [4.78, 5) is 1.30. The highest BCUT2D eigenvalue weighted by Crippen LogP contribution is 2.50. The lowest BCUT2D eigenvalue weighted by Gasteiger charge is -2.37. The molecule has 2 aromatic carbocycles. The third-order valence-electron chi connectivity index (χ3n) is 4.82. The zero-order valence-electron chi connectivity index (χ0n) is 12.5. The maximum absolute atomic E-state index is 9.79. The number of phenolic OH excluding ortho intramolecular Hbond substituents is 1. The van der Waals surface area contributed by atoms with Crippen LogP contribution >= 0.6 is 11.8 Å². The van der Waals surface area contributed by atoms with E-state index >= 15 is 0 Å². The minimum atomic E-state index is 0.327. The van der Waals surface area contributed by atoms with E-state index < -0.39 is 0 Å². The molecule has 0 spiro atoms. The van der Waals surface area contributed by atoms with Gasteiger partial charge >= 0.3 is 0 Å². The Morgan fingerprint density at radius 1 is 1.14 bits per heavy atom. The summed E-state index contributed by atoms with van der Waals surface area (Å²) in [5.74, 6) is 1.27. The molecule has 1 aliphatic heterocycles. The molecule has 0 saturated heterocycles. The molecular weight excluding hydrogens is 290 g/mol. The molecule has 3 unspecified atom stereocenters. The molecule has 1 aliphatic carbocycles. The number of thioether (sulfide) groups is 1. The Hall–Kier alpha value is -1.87. The van der Waals surface area contributed by atoms with Crippen LogP contribution in [0.25, 0.3) is 0 Å². The molecule has 4 rings (SSSR count). The van der Waals surface area contributed by atoms with Crippen LogP contribution < -0.4 is 5.32 Å². The van der Waals surface area contributed by atoms with Crippen molar-refractivity contribution in [3.8, 4) is 5.75 Å². The van der Waals surface area contributed by atoms with Crippen molar-refractivity contribution in [3.05, 3.63) is 65.7 Å². The highest BCUT2D eigenvalue weighted by atomic mass is 32.2. The number of rotatable bonds is 2. The monoisotopic (exact) mass is 309 g/mol. The molecule has 2 nitrogen and oxygen atoms in total. The van der Waals surface area contributed by atoms with E-state index in [4.69, 9.17) is 0 Å². The first-order valence-corrected chi connectivity index (χ1v) is 8.89. The molecule has 0 saturated carbocycles. The van der Waals surface area contributed by atoms with Crippen LogP contribution in [0.3, 0.4) is 0 Å². The number of anilines is 1. The normalized spacial score (nSPS) is 25.4. The van der Waals surface area contributed by atoms with Crippen molar-refractivity contribution < 1.29 is 5.11 Å². The van der Waals surface area contributed by atoms with Crippen LogP contribution in [-0.4, -0.2) is 11.4 Å². The molecule has 0 aromatic heterocycles. The average molecular weight is 309 g/mol. The Balaban J connectivity index is 1.74. The third kappa shape index (κ3) is 2.20. The van der Waals surface area contributed by atoms with Crippen molar-refractivity contribution in [1.82, 2.24) is 0 Å². The fourth-order valence-electron chi connectivity index (χ4n) is 3.72. The number of phenols is 1. The van der Waals surface area contributed by atoms with Crippen molar-refractivity contribution in [2.24, 2.45) is 5.92 Å². The van der Waals surface area contributed by atoms with Gasteiger partial charge in [0.15, 0.2) is 0 Å². The van der Waals surface area contributed by atoms with Crippen LogP contribution in [0.2, 0.25) is 0 Å². The Bertz CT molecular complexity index is 723. The number of nitrogens with one attached hydrogen (secondary N) is 1. The largest absolute Gasteiger partial charge is 0.508 e. The Kier molecular flexibility index (Phi) is 3.38. The summed E-state index contributed by atoms with van der Waals surface area (Å²) in [5.41, 5.74) is 3.70. The lowest BCUT2D eigenvalue weighted by atomic mass is 9.77. The van der Waals surface area contributed by atoms with Gasteiger partial charge in [0.05, 0.1) is 6.04 Å². The maximum atomic E-state index is 9.79. The molecule has 2 aromatic rings. The molecule has 1 heterocycles. The fourth-order valence-corrected chi connectivity index (χ4v) is 4.13. The summed E-state index contributed by atoms with van der Waals surface area (Å²) in [6, 6.07) is 14.9. The zero-order chi connectivity index (χ0) is 15.1. The van der Waals surface area contributed by atoms with Gasteiger partial charge in [-0.2, -0.15) is 0 Å². The first-order chi connectivity index (χ1) is 10.8. The van der Waals surface area contributed by atoms with Crippen molar-refractivity contribution >= 4 is 17.4 Å². The van der Waals surface area contributed by atoms with Gasteiger partial charge in [0, 0.05) is 16.5 Å². The second kappa shape index (κ2) is 5.40. The molecule has 2 aliphatic rings. The third-order valence-corrected chi connectivity index (χ3v) is 5.56. The Labute approximate surface area is 135 Å². The van der Waals surface area contributed by atoms with Gasteiger partial charge in [0.2, 0.25) is 0 Å². The molecule has 0 bridgehead atoms. The second-order valence-electron chi connectivity index (χ2n) is 6.02. The topological polar surface area (TPSA) is 32.3 Å². The highest BCUT2D eigenvalue weighted by molar-refractivity contribution is 7.98. The SMILES string of the molecule is CSc1ccc(C2Nc3ccc(O)cc3C3C=CCC32)cc1. The van der Waals surface area contributed by atoms with Crippen LogP contribution in [0.15, 0.2) is 59.5 Å². The van der Waals surface area contributed by atoms with Crippen molar-refractivity contribution in [2.45, 2.75) is 23.3 Å². The van der Waals surface area contributed by atoms with Crippen LogP contribution in [0, 0.1) is 5.92 Å². The highest BCUT2D eigenvalue weighted by Gasteiger charge is 2.37. The van der Waals surface area contributed by atoms with E-state index in [1.54, 1.807) is 17.8 Å². The number of aromatic hydroxyl groups is 1. The van der Waals surface area contributed by atoms with E-state index in [0.29, 0.717) is 23.6 Å². The molecule has 3 atom stereocenters. The van der Waals surface area contributed by atoms with E-state index in [-0.39, 0.29) is 0 Å². The number of hydrogen-bond donors (Lipinski definition) is 2. The number of fused-ring (bicyclic) bond motifs is 3. The summed E-state index contributed by atoms with van der Waals surface area (Å²) in [6.45, 7) is 0. The standard InChI is InChI=1S/C19H19NOS/c1-22-14-8-5-12(6-9-14)19-16-4-2-3-15(16)17-11-13(21)7-10-18(17)20-19/h2-3,5-11,15-16,19-21H,4H2,1H3. The quantitative estimate of drug-likeness (QED) is 0.468. The molecule has 112 valence electrons. The molecular formula is C19H19NOS. The fraction of sp³-hybridized carbons (Fsp3) is 0.263. The number of allylic oxidation sites excluding steroid dienone is 2. The summed E-state index contributed by atoms with van der Waals surface area (Å²) < 4.78 is 0. The van der Waals surface area contributed by atoms with Gasteiger partial charge in [-0.25, -0.2) is 0 Å². The van der Waals surface area contributed by atoms with Crippen molar-refractivity contribution in [3.63, 3.8) is 0 Å². The average Bonchev–Trinajstić information content (AvgIpc) is 3.04. The van der Waals surface area contributed by atoms with Crippen molar-refractivity contribution in [1.29, 1.82) is 0 Å². The minimum absolute atomic E-state index is 0.327. The van der Waals surface area contributed by atoms with E-state index in [1.807, 2.05) is 12.1 Å². The Morgan fingerprint density at radius 2 is 1.95 bits per heavy atom. The predicted molar refractivity (Wildman–Crippen MR) is 92.7 cm³/mol. The van der Waals surface area contributed by atoms with E-state index in [2.05, 4.69) is 48.0 Å². The van der Waals surface area contributed by atoms with Crippen LogP contribution in [0.4, 0.5) is 5.69 Å². The van der Waals surface area contributed by atoms with Gasteiger partial charge in [-0.15, -0.1) is 11.8 Å². The summed E-state index contributed by atoms with van der Waals surface area (Å²) >= 11 is 1.77. The zero-order valence-corrected chi connectivity index (χ0v) is 13.3. The predicted octanol–water partition coefficient (Wildman–Crippen LogP) is 4.94. The maximum Gasteiger partial charge on any atom is 0.116 e. The lowest BCUT2D eigenvalue weighted by molar-refractivity contribution is 0.421. The van der Waals surface area contributed by atoms with Gasteiger partial charge in [0.25, 0.3) is 0 Å². The first-order valence-electron chi connectivity index (χ1n) is 7.66. The van der Waals surface area contributed by atoms with Crippen molar-refractivity contribution in [2.75, 3.05) is 11.6 Å². The van der Waals surface area contributed by atoms with E-state index in [9.17, 15) is 5.11 Å². The molecule has 2 N–H and O–H groups in total. The number of benzene rings is 2. The first kappa shape index (κ1) is 13.8. The summed E-state index contributed by atoms with van der Waals surface area (Å²) in [7, 11) is 0. The van der Waals surface area contributed by atoms with E-state index in [0.717, 1.165) is 12.1 Å².